The Balaban J connectivity index is 1.76. The molecule has 6 heteroatoms. The summed E-state index contributed by atoms with van der Waals surface area (Å²) in [6.45, 7) is 7.58. The predicted molar refractivity (Wildman–Crippen MR) is 110 cm³/mol. The Labute approximate surface area is 159 Å². The van der Waals surface area contributed by atoms with Gasteiger partial charge in [-0.1, -0.05) is 6.07 Å². The van der Waals surface area contributed by atoms with Crippen LogP contribution in [0, 0.1) is 20.8 Å². The second-order valence-electron chi connectivity index (χ2n) is 6.53. The fourth-order valence-corrected chi connectivity index (χ4v) is 2.62. The van der Waals surface area contributed by atoms with Crippen molar-refractivity contribution < 1.29 is 4.79 Å². The molecule has 0 fully saturated rings. The first-order valence-corrected chi connectivity index (χ1v) is 8.74. The number of aromatic nitrogens is 2. The first-order chi connectivity index (χ1) is 12.9. The summed E-state index contributed by atoms with van der Waals surface area (Å²) in [4.78, 5) is 20.1. The van der Waals surface area contributed by atoms with Crippen molar-refractivity contribution >= 4 is 34.7 Å². The number of benzene rings is 2. The summed E-state index contributed by atoms with van der Waals surface area (Å²) >= 11 is 0. The molecule has 6 nitrogen and oxygen atoms in total. The molecule has 0 unspecified atom stereocenters. The number of anilines is 5. The van der Waals surface area contributed by atoms with E-state index in [-0.39, 0.29) is 5.91 Å². The average molecular weight is 361 g/mol. The number of nitrogens with zero attached hydrogens (tertiary/aromatic N) is 2. The van der Waals surface area contributed by atoms with Gasteiger partial charge in [-0.25, -0.2) is 4.98 Å². The smallest absolute Gasteiger partial charge is 0.229 e. The molecule has 0 saturated heterocycles. The molecule has 0 atom stereocenters. The van der Waals surface area contributed by atoms with Crippen LogP contribution < -0.4 is 16.0 Å². The summed E-state index contributed by atoms with van der Waals surface area (Å²) in [6.07, 6.45) is 0. The average Bonchev–Trinajstić information content (AvgIpc) is 2.59. The van der Waals surface area contributed by atoms with Crippen molar-refractivity contribution in [3.63, 3.8) is 0 Å². The number of amides is 1. The van der Waals surface area contributed by atoms with Gasteiger partial charge in [-0.15, -0.1) is 0 Å². The Morgan fingerprint density at radius 3 is 2.11 bits per heavy atom. The second-order valence-corrected chi connectivity index (χ2v) is 6.53. The minimum Gasteiger partial charge on any atom is -0.340 e. The lowest BCUT2D eigenvalue weighted by Crippen LogP contribution is -2.05. The van der Waals surface area contributed by atoms with Crippen molar-refractivity contribution in [3.8, 4) is 0 Å². The van der Waals surface area contributed by atoms with Gasteiger partial charge in [0.1, 0.15) is 5.82 Å². The van der Waals surface area contributed by atoms with Crippen LogP contribution in [0.1, 0.15) is 23.7 Å². The standard InChI is InChI=1S/C21H23N5O/c1-13-5-6-19(11-14(13)2)25-21-22-15(3)12-20(26-21)24-18-9-7-17(8-10-18)23-16(4)27/h5-12H,1-4H3,(H,23,27)(H2,22,24,25,26). The van der Waals surface area contributed by atoms with Crippen LogP contribution in [0.15, 0.2) is 48.5 Å². The van der Waals surface area contributed by atoms with Crippen LogP contribution in [-0.2, 0) is 4.79 Å². The number of hydrogen-bond donors (Lipinski definition) is 3. The van der Waals surface area contributed by atoms with Gasteiger partial charge in [-0.3, -0.25) is 4.79 Å². The third kappa shape index (κ3) is 5.04. The highest BCUT2D eigenvalue weighted by molar-refractivity contribution is 5.88. The SMILES string of the molecule is CC(=O)Nc1ccc(Nc2cc(C)nc(Nc3ccc(C)c(C)c3)n2)cc1. The zero-order chi connectivity index (χ0) is 19.4. The highest BCUT2D eigenvalue weighted by Crippen LogP contribution is 2.21. The number of carbonyl (C=O) groups excluding carboxylic acids is 1. The fraction of sp³-hybridized carbons (Fsp3) is 0.190. The molecule has 3 aromatic rings. The number of hydrogen-bond acceptors (Lipinski definition) is 5. The van der Waals surface area contributed by atoms with Crippen LogP contribution in [0.5, 0.6) is 0 Å². The topological polar surface area (TPSA) is 78.9 Å². The zero-order valence-corrected chi connectivity index (χ0v) is 15.9. The molecule has 138 valence electrons. The highest BCUT2D eigenvalue weighted by atomic mass is 16.1. The van der Waals surface area contributed by atoms with E-state index in [1.807, 2.05) is 43.3 Å². The van der Waals surface area contributed by atoms with Crippen molar-refractivity contribution in [3.05, 3.63) is 65.4 Å². The van der Waals surface area contributed by atoms with Crippen molar-refractivity contribution in [2.45, 2.75) is 27.7 Å². The maximum Gasteiger partial charge on any atom is 0.229 e. The van der Waals surface area contributed by atoms with Gasteiger partial charge in [-0.2, -0.15) is 4.98 Å². The third-order valence-electron chi connectivity index (χ3n) is 4.09. The Hall–Kier alpha value is -3.41. The van der Waals surface area contributed by atoms with E-state index >= 15 is 0 Å². The Kier molecular flexibility index (Phi) is 5.35. The highest BCUT2D eigenvalue weighted by Gasteiger charge is 2.05. The molecule has 0 aliphatic carbocycles. The van der Waals surface area contributed by atoms with E-state index < -0.39 is 0 Å². The summed E-state index contributed by atoms with van der Waals surface area (Å²) in [5, 5.41) is 9.28. The monoisotopic (exact) mass is 361 g/mol. The van der Waals surface area contributed by atoms with E-state index in [1.54, 1.807) is 0 Å². The molecule has 0 aliphatic rings. The summed E-state index contributed by atoms with van der Waals surface area (Å²) in [5.41, 5.74) is 5.90. The van der Waals surface area contributed by atoms with Gasteiger partial charge in [0, 0.05) is 35.7 Å². The Morgan fingerprint density at radius 1 is 0.778 bits per heavy atom. The van der Waals surface area contributed by atoms with E-state index in [2.05, 4.69) is 51.9 Å². The lowest BCUT2D eigenvalue weighted by Gasteiger charge is -2.11. The minimum atomic E-state index is -0.0933. The van der Waals surface area contributed by atoms with Crippen molar-refractivity contribution in [2.24, 2.45) is 0 Å². The molecule has 3 N–H and O–H groups in total. The molecule has 1 aromatic heterocycles. The molecule has 1 amide bonds. The van der Waals surface area contributed by atoms with Crippen LogP contribution in [0.4, 0.5) is 28.8 Å². The van der Waals surface area contributed by atoms with Crippen molar-refractivity contribution in [1.82, 2.24) is 9.97 Å². The molecule has 0 aliphatic heterocycles. The maximum atomic E-state index is 11.1. The molecule has 0 spiro atoms. The summed E-state index contributed by atoms with van der Waals surface area (Å²) < 4.78 is 0. The quantitative estimate of drug-likeness (QED) is 0.605. The van der Waals surface area contributed by atoms with Crippen LogP contribution in [0.2, 0.25) is 0 Å². The van der Waals surface area contributed by atoms with E-state index in [1.165, 1.54) is 18.1 Å². The predicted octanol–water partition coefficient (Wildman–Crippen LogP) is 4.85. The molecule has 0 bridgehead atoms. The molecular formula is C21H23N5O. The Morgan fingerprint density at radius 2 is 1.44 bits per heavy atom. The van der Waals surface area contributed by atoms with Crippen molar-refractivity contribution in [1.29, 1.82) is 0 Å². The lowest BCUT2D eigenvalue weighted by atomic mass is 10.1. The molecule has 3 rings (SSSR count). The molecule has 1 heterocycles. The van der Waals surface area contributed by atoms with E-state index in [0.29, 0.717) is 11.8 Å². The first-order valence-electron chi connectivity index (χ1n) is 8.74. The number of rotatable bonds is 5. The zero-order valence-electron chi connectivity index (χ0n) is 15.9. The van der Waals surface area contributed by atoms with Gasteiger partial charge in [0.25, 0.3) is 0 Å². The molecule has 0 radical (unpaired) electrons. The van der Waals surface area contributed by atoms with Crippen LogP contribution in [0.25, 0.3) is 0 Å². The first kappa shape index (κ1) is 18.4. The molecule has 0 saturated carbocycles. The maximum absolute atomic E-state index is 11.1. The van der Waals surface area contributed by atoms with Crippen molar-refractivity contribution in [2.75, 3.05) is 16.0 Å². The Bertz CT molecular complexity index is 967. The van der Waals surface area contributed by atoms with Gasteiger partial charge in [0.05, 0.1) is 0 Å². The fourth-order valence-electron chi connectivity index (χ4n) is 2.62. The summed E-state index contributed by atoms with van der Waals surface area (Å²) in [6, 6.07) is 15.5. The summed E-state index contributed by atoms with van der Waals surface area (Å²) in [5.74, 6) is 1.14. The van der Waals surface area contributed by atoms with Gasteiger partial charge >= 0.3 is 0 Å². The molecule has 27 heavy (non-hydrogen) atoms. The molecular weight excluding hydrogens is 338 g/mol. The normalized spacial score (nSPS) is 10.4. The number of aryl methyl sites for hydroxylation is 3. The largest absolute Gasteiger partial charge is 0.340 e. The van der Waals surface area contributed by atoms with Gasteiger partial charge in [0.2, 0.25) is 11.9 Å². The van der Waals surface area contributed by atoms with E-state index in [0.717, 1.165) is 22.8 Å². The van der Waals surface area contributed by atoms with Gasteiger partial charge in [-0.05, 0) is 68.3 Å². The van der Waals surface area contributed by atoms with Crippen LogP contribution in [0.3, 0.4) is 0 Å². The van der Waals surface area contributed by atoms with Crippen LogP contribution in [-0.4, -0.2) is 15.9 Å². The molecule has 2 aromatic carbocycles. The number of carbonyl (C=O) groups is 1. The van der Waals surface area contributed by atoms with Gasteiger partial charge < -0.3 is 16.0 Å². The van der Waals surface area contributed by atoms with E-state index in [9.17, 15) is 4.79 Å². The van der Waals surface area contributed by atoms with E-state index in [4.69, 9.17) is 0 Å². The third-order valence-corrected chi connectivity index (χ3v) is 4.09. The summed E-state index contributed by atoms with van der Waals surface area (Å²) in [7, 11) is 0. The van der Waals surface area contributed by atoms with Crippen LogP contribution >= 0.6 is 0 Å². The second kappa shape index (κ2) is 7.86. The van der Waals surface area contributed by atoms with Gasteiger partial charge in [0.15, 0.2) is 0 Å². The number of nitrogens with one attached hydrogen (secondary N) is 3. The lowest BCUT2D eigenvalue weighted by molar-refractivity contribution is -0.114. The minimum absolute atomic E-state index is 0.0933.